The molecule has 5 rings (SSSR count). The molecule has 5 aliphatic rings. The molecule has 146 valence electrons. The fourth-order valence-electron chi connectivity index (χ4n) is 8.42. The minimum absolute atomic E-state index is 0.00133. The molecule has 0 aliphatic heterocycles. The Labute approximate surface area is 173 Å². The molecule has 0 bridgehead atoms. The van der Waals surface area contributed by atoms with E-state index < -0.39 is 5.60 Å². The van der Waals surface area contributed by atoms with Gasteiger partial charge in [0.15, 0.2) is 0 Å². The fraction of sp³-hybridized carbons (Fsp3) is 0.952. The van der Waals surface area contributed by atoms with Crippen LogP contribution in [0.2, 0.25) is 0 Å². The monoisotopic (exact) mass is 490 g/mol. The highest BCUT2D eigenvalue weighted by atomic mass is 127. The van der Waals surface area contributed by atoms with E-state index in [-0.39, 0.29) is 22.9 Å². The molecule has 0 aromatic carbocycles. The molecule has 0 radical (unpaired) electrons. The second kappa shape index (κ2) is 5.85. The molecule has 3 nitrogen and oxygen atoms in total. The van der Waals surface area contributed by atoms with Gasteiger partial charge in [-0.2, -0.15) is 0 Å². The summed E-state index contributed by atoms with van der Waals surface area (Å²) >= 11 is 2.19. The van der Waals surface area contributed by atoms with Crippen LogP contribution in [0.5, 0.6) is 0 Å². The zero-order chi connectivity index (χ0) is 18.5. The van der Waals surface area contributed by atoms with Crippen molar-refractivity contribution in [2.45, 2.75) is 77.4 Å². The fourth-order valence-corrected chi connectivity index (χ4v) is 9.56. The van der Waals surface area contributed by atoms with Crippen molar-refractivity contribution in [3.63, 3.8) is 0 Å². The Morgan fingerprint density at radius 2 is 1.92 bits per heavy atom. The third-order valence-electron chi connectivity index (χ3n) is 9.79. The van der Waals surface area contributed by atoms with Crippen LogP contribution in [0.4, 0.5) is 0 Å². The Bertz CT molecular complexity index is 643. The Morgan fingerprint density at radius 3 is 2.65 bits per heavy atom. The van der Waals surface area contributed by atoms with Crippen LogP contribution < -0.4 is 0 Å². The summed E-state index contributed by atoms with van der Waals surface area (Å²) in [6, 6.07) is 0. The number of carbonyl (C=O) groups is 1. The third-order valence-corrected chi connectivity index (χ3v) is 10.8. The number of carbonyl (C=O) groups excluding carboxylic acids is 1. The van der Waals surface area contributed by atoms with Crippen LogP contribution >= 0.6 is 30.4 Å². The molecule has 1 N–H and O–H groups in total. The van der Waals surface area contributed by atoms with Crippen molar-refractivity contribution in [1.82, 2.24) is 0 Å². The molecule has 0 aromatic heterocycles. The summed E-state index contributed by atoms with van der Waals surface area (Å²) in [4.78, 5) is 12.9. The summed E-state index contributed by atoms with van der Waals surface area (Å²) in [5.74, 6) is 3.65. The summed E-state index contributed by atoms with van der Waals surface area (Å²) in [5, 5.41) is 11.9. The number of Topliss-reactive ketones (excluding diaryl/α,β-unsaturated/α-hetero) is 1. The molecule has 0 amide bonds. The highest BCUT2D eigenvalue weighted by Gasteiger charge is 2.75. The van der Waals surface area contributed by atoms with Crippen molar-refractivity contribution in [2.24, 2.45) is 46.3 Å². The molecule has 26 heavy (non-hydrogen) atoms. The molecule has 0 aromatic rings. The third kappa shape index (κ3) is 2.18. The van der Waals surface area contributed by atoms with E-state index in [0.717, 1.165) is 38.5 Å². The van der Waals surface area contributed by atoms with Gasteiger partial charge in [0.25, 0.3) is 0 Å². The van der Waals surface area contributed by atoms with Crippen molar-refractivity contribution < 1.29 is 14.1 Å². The zero-order valence-corrected chi connectivity index (χ0v) is 19.0. The standard InChI is InChI=1S/C21H31IO3S/c1-11-8-16-17-13-9-15(13)21(24)10-12(25-26-22)4-7-20(21,3)14(17)5-6-19(16,2)18(11)23/h11-17,24H,4-10H2,1-3H3. The number of aliphatic hydroxyl groups is 1. The first kappa shape index (κ1) is 18.7. The minimum Gasteiger partial charge on any atom is -0.389 e. The van der Waals surface area contributed by atoms with Crippen molar-refractivity contribution in [1.29, 1.82) is 0 Å². The lowest BCUT2D eigenvalue weighted by Gasteiger charge is -2.63. The summed E-state index contributed by atoms with van der Waals surface area (Å²) in [6.07, 6.45) is 7.56. The van der Waals surface area contributed by atoms with Gasteiger partial charge in [-0.3, -0.25) is 4.79 Å². The van der Waals surface area contributed by atoms with E-state index in [1.165, 1.54) is 15.6 Å². The largest absolute Gasteiger partial charge is 0.389 e. The van der Waals surface area contributed by atoms with Gasteiger partial charge in [0, 0.05) is 39.0 Å². The summed E-state index contributed by atoms with van der Waals surface area (Å²) in [7, 11) is 1.42. The summed E-state index contributed by atoms with van der Waals surface area (Å²) in [6.45, 7) is 6.80. The first-order valence-electron chi connectivity index (χ1n) is 10.5. The van der Waals surface area contributed by atoms with Crippen LogP contribution in [0.3, 0.4) is 0 Å². The van der Waals surface area contributed by atoms with Gasteiger partial charge < -0.3 is 9.29 Å². The average molecular weight is 490 g/mol. The molecule has 5 aliphatic carbocycles. The van der Waals surface area contributed by atoms with Crippen molar-refractivity contribution in [2.75, 3.05) is 0 Å². The Morgan fingerprint density at radius 1 is 1.15 bits per heavy atom. The Hall–Kier alpha value is 0.670. The SMILES string of the molecule is CC1CC2C3C4CC4C4(O)CC(OSI)CCC4(C)C3CCC2(C)C1=O. The van der Waals surface area contributed by atoms with Gasteiger partial charge in [0.05, 0.1) is 20.9 Å². The molecule has 0 saturated heterocycles. The summed E-state index contributed by atoms with van der Waals surface area (Å²) in [5.41, 5.74) is -0.644. The van der Waals surface area contributed by atoms with Crippen LogP contribution in [0.1, 0.15) is 65.7 Å². The van der Waals surface area contributed by atoms with Gasteiger partial charge in [0.1, 0.15) is 5.78 Å². The van der Waals surface area contributed by atoms with Gasteiger partial charge in [-0.05, 0) is 73.5 Å². The number of fused-ring (bicyclic) bond motifs is 8. The average Bonchev–Trinajstić information content (AvgIpc) is 3.36. The van der Waals surface area contributed by atoms with E-state index in [1.54, 1.807) is 0 Å². The van der Waals surface area contributed by atoms with Gasteiger partial charge in [0.2, 0.25) is 0 Å². The first-order chi connectivity index (χ1) is 12.3. The summed E-state index contributed by atoms with van der Waals surface area (Å²) < 4.78 is 5.86. The molecule has 5 fully saturated rings. The van der Waals surface area contributed by atoms with E-state index in [2.05, 4.69) is 42.0 Å². The molecular weight excluding hydrogens is 459 g/mol. The maximum atomic E-state index is 12.9. The normalized spacial score (nSPS) is 60.7. The van der Waals surface area contributed by atoms with Crippen LogP contribution in [0.25, 0.3) is 0 Å². The maximum absolute atomic E-state index is 12.9. The van der Waals surface area contributed by atoms with Crippen LogP contribution in [-0.2, 0) is 8.98 Å². The second-order valence-corrected chi connectivity index (χ2v) is 12.0. The Balaban J connectivity index is 1.50. The number of hydrogen-bond acceptors (Lipinski definition) is 4. The molecule has 0 spiro atoms. The van der Waals surface area contributed by atoms with Crippen molar-refractivity contribution >= 4 is 36.2 Å². The van der Waals surface area contributed by atoms with Crippen molar-refractivity contribution in [3.05, 3.63) is 0 Å². The smallest absolute Gasteiger partial charge is 0.141 e. The lowest BCUT2D eigenvalue weighted by atomic mass is 9.43. The van der Waals surface area contributed by atoms with Crippen LogP contribution in [0.15, 0.2) is 0 Å². The quantitative estimate of drug-likeness (QED) is 0.427. The highest BCUT2D eigenvalue weighted by molar-refractivity contribution is 14.2. The number of halogens is 1. The highest BCUT2D eigenvalue weighted by Crippen LogP contribution is 2.76. The van der Waals surface area contributed by atoms with E-state index in [1.807, 2.05) is 0 Å². The molecular formula is C21H31IO3S. The Kier molecular flexibility index (Phi) is 4.20. The topological polar surface area (TPSA) is 46.5 Å². The maximum Gasteiger partial charge on any atom is 0.141 e. The van der Waals surface area contributed by atoms with Crippen molar-refractivity contribution in [3.8, 4) is 0 Å². The van der Waals surface area contributed by atoms with Crippen LogP contribution in [0, 0.1) is 46.3 Å². The molecule has 5 heteroatoms. The van der Waals surface area contributed by atoms with E-state index in [0.29, 0.717) is 35.4 Å². The van der Waals surface area contributed by atoms with E-state index in [4.69, 9.17) is 4.18 Å². The van der Waals surface area contributed by atoms with Gasteiger partial charge >= 0.3 is 0 Å². The first-order valence-corrected chi connectivity index (χ1v) is 13.8. The molecule has 0 heterocycles. The number of ketones is 1. The minimum atomic E-state index is -0.559. The number of rotatable bonds is 2. The molecule has 10 unspecified atom stereocenters. The lowest BCUT2D eigenvalue weighted by molar-refractivity contribution is -0.220. The van der Waals surface area contributed by atoms with E-state index in [9.17, 15) is 9.90 Å². The predicted octanol–water partition coefficient (Wildman–Crippen LogP) is 5.20. The molecule has 5 saturated carbocycles. The predicted molar refractivity (Wildman–Crippen MR) is 112 cm³/mol. The zero-order valence-electron chi connectivity index (χ0n) is 16.0. The van der Waals surface area contributed by atoms with E-state index >= 15 is 0 Å². The van der Waals surface area contributed by atoms with Gasteiger partial charge in [-0.1, -0.05) is 20.8 Å². The van der Waals surface area contributed by atoms with Crippen LogP contribution in [-0.4, -0.2) is 22.6 Å². The van der Waals surface area contributed by atoms with Gasteiger partial charge in [-0.25, -0.2) is 0 Å². The lowest BCUT2D eigenvalue weighted by Crippen LogP contribution is -2.64. The van der Waals surface area contributed by atoms with Gasteiger partial charge in [-0.15, -0.1) is 0 Å². The second-order valence-electron chi connectivity index (χ2n) is 10.6. The molecule has 10 atom stereocenters. The number of hydrogen-bond donors (Lipinski definition) is 1.